The van der Waals surface area contributed by atoms with E-state index in [2.05, 4.69) is 0 Å². The van der Waals surface area contributed by atoms with Gasteiger partial charge in [0.25, 0.3) is 0 Å². The second kappa shape index (κ2) is 8.35. The van der Waals surface area contributed by atoms with Gasteiger partial charge in [0.2, 0.25) is 11.8 Å². The Morgan fingerprint density at radius 3 is 2.54 bits per heavy atom. The van der Waals surface area contributed by atoms with Gasteiger partial charge in [0, 0.05) is 25.6 Å². The number of alkyl halides is 3. The van der Waals surface area contributed by atoms with Crippen LogP contribution in [0.4, 0.5) is 13.2 Å². The zero-order valence-electron chi connectivity index (χ0n) is 16.0. The van der Waals surface area contributed by atoms with Crippen LogP contribution in [0.15, 0.2) is 24.3 Å². The third-order valence-corrected chi connectivity index (χ3v) is 6.60. The van der Waals surface area contributed by atoms with Gasteiger partial charge in [-0.15, -0.1) is 11.8 Å². The normalized spacial score (nSPS) is 21.6. The Morgan fingerprint density at radius 1 is 1.25 bits per heavy atom. The van der Waals surface area contributed by atoms with Crippen molar-refractivity contribution in [2.45, 2.75) is 38.2 Å². The highest BCUT2D eigenvalue weighted by molar-refractivity contribution is 8.00. The molecule has 154 valence electrons. The van der Waals surface area contributed by atoms with Gasteiger partial charge in [-0.25, -0.2) is 0 Å². The Kier molecular flexibility index (Phi) is 6.27. The zero-order chi connectivity index (χ0) is 20.5. The van der Waals surface area contributed by atoms with Crippen LogP contribution in [-0.2, 0) is 15.8 Å². The van der Waals surface area contributed by atoms with Crippen molar-refractivity contribution in [3.63, 3.8) is 0 Å². The molecule has 0 unspecified atom stereocenters. The maximum absolute atomic E-state index is 13.0. The lowest BCUT2D eigenvalue weighted by molar-refractivity contribution is -0.138. The molecule has 2 aliphatic heterocycles. The first kappa shape index (κ1) is 21.0. The van der Waals surface area contributed by atoms with E-state index in [1.54, 1.807) is 11.0 Å². The summed E-state index contributed by atoms with van der Waals surface area (Å²) in [7, 11) is 0. The number of likely N-dealkylation sites (tertiary alicyclic amines) is 1. The van der Waals surface area contributed by atoms with Crippen molar-refractivity contribution in [1.29, 1.82) is 0 Å². The number of hydrogen-bond donors (Lipinski definition) is 0. The van der Waals surface area contributed by atoms with Crippen LogP contribution in [-0.4, -0.2) is 47.0 Å². The Hall–Kier alpha value is -1.70. The van der Waals surface area contributed by atoms with Crippen LogP contribution in [0.1, 0.15) is 43.2 Å². The average molecular weight is 414 g/mol. The van der Waals surface area contributed by atoms with E-state index < -0.39 is 11.7 Å². The summed E-state index contributed by atoms with van der Waals surface area (Å²) in [5.74, 6) is 0.623. The number of amides is 2. The molecule has 0 aliphatic carbocycles. The SMILES string of the molecule is CC(C)C(=O)N1CCC(CN2C(=O)CS[C@@H]2c2cccc(C(F)(F)F)c2)CC1. The Balaban J connectivity index is 1.67. The molecule has 0 spiro atoms. The molecular formula is C20H25F3N2O2S. The summed E-state index contributed by atoms with van der Waals surface area (Å²) in [6, 6.07) is 5.25. The number of benzene rings is 1. The van der Waals surface area contributed by atoms with Gasteiger partial charge in [0.1, 0.15) is 5.37 Å². The molecule has 2 fully saturated rings. The van der Waals surface area contributed by atoms with Crippen LogP contribution < -0.4 is 0 Å². The number of piperidine rings is 1. The molecule has 4 nitrogen and oxygen atoms in total. The van der Waals surface area contributed by atoms with Crippen molar-refractivity contribution >= 4 is 23.6 Å². The van der Waals surface area contributed by atoms with Crippen molar-refractivity contribution in [3.8, 4) is 0 Å². The van der Waals surface area contributed by atoms with Crippen molar-refractivity contribution in [2.75, 3.05) is 25.4 Å². The minimum atomic E-state index is -4.40. The summed E-state index contributed by atoms with van der Waals surface area (Å²) in [5, 5.41) is -0.384. The second-order valence-corrected chi connectivity index (χ2v) is 8.82. The summed E-state index contributed by atoms with van der Waals surface area (Å²) < 4.78 is 39.1. The van der Waals surface area contributed by atoms with E-state index in [1.165, 1.54) is 17.8 Å². The maximum atomic E-state index is 13.0. The highest BCUT2D eigenvalue weighted by atomic mass is 32.2. The zero-order valence-corrected chi connectivity index (χ0v) is 16.9. The largest absolute Gasteiger partial charge is 0.416 e. The van der Waals surface area contributed by atoms with E-state index in [0.29, 0.717) is 25.2 Å². The molecule has 1 atom stereocenters. The smallest absolute Gasteiger partial charge is 0.342 e. The average Bonchev–Trinajstić information content (AvgIpc) is 3.01. The van der Waals surface area contributed by atoms with E-state index in [0.717, 1.165) is 25.0 Å². The topological polar surface area (TPSA) is 40.6 Å². The van der Waals surface area contributed by atoms with Crippen LogP contribution in [0.3, 0.4) is 0 Å². The number of hydrogen-bond acceptors (Lipinski definition) is 3. The number of nitrogens with zero attached hydrogens (tertiary/aromatic N) is 2. The number of carbonyl (C=O) groups is 2. The fourth-order valence-corrected chi connectivity index (χ4v) is 4.96. The van der Waals surface area contributed by atoms with Gasteiger partial charge in [-0.1, -0.05) is 26.0 Å². The monoisotopic (exact) mass is 414 g/mol. The Bertz CT molecular complexity index is 730. The standard InChI is InChI=1S/C20H25F3N2O2S/c1-13(2)18(27)24-8-6-14(7-9-24)11-25-17(26)12-28-19(25)15-4-3-5-16(10-15)20(21,22)23/h3-5,10,13-14,19H,6-9,11-12H2,1-2H3/t19-/m1/s1. The summed E-state index contributed by atoms with van der Waals surface area (Å²) in [4.78, 5) is 28.1. The Morgan fingerprint density at radius 2 is 1.93 bits per heavy atom. The maximum Gasteiger partial charge on any atom is 0.416 e. The minimum Gasteiger partial charge on any atom is -0.342 e. The van der Waals surface area contributed by atoms with Gasteiger partial charge < -0.3 is 9.80 Å². The molecule has 1 aromatic carbocycles. The third kappa shape index (κ3) is 4.64. The fourth-order valence-electron chi connectivity index (χ4n) is 3.78. The number of halogens is 3. The molecule has 28 heavy (non-hydrogen) atoms. The molecule has 0 radical (unpaired) electrons. The summed E-state index contributed by atoms with van der Waals surface area (Å²) in [6.07, 6.45) is -2.78. The Labute approximate surface area is 167 Å². The van der Waals surface area contributed by atoms with Crippen LogP contribution in [0.2, 0.25) is 0 Å². The highest BCUT2D eigenvalue weighted by Crippen LogP contribution is 2.41. The number of carbonyl (C=O) groups excluding carboxylic acids is 2. The second-order valence-electron chi connectivity index (χ2n) is 7.76. The van der Waals surface area contributed by atoms with Gasteiger partial charge in [0.15, 0.2) is 0 Å². The third-order valence-electron chi connectivity index (χ3n) is 5.34. The van der Waals surface area contributed by atoms with Gasteiger partial charge in [-0.2, -0.15) is 13.2 Å². The molecule has 3 rings (SSSR count). The van der Waals surface area contributed by atoms with Crippen molar-refractivity contribution in [2.24, 2.45) is 11.8 Å². The van der Waals surface area contributed by atoms with E-state index in [4.69, 9.17) is 0 Å². The van der Waals surface area contributed by atoms with Gasteiger partial charge in [0.05, 0.1) is 11.3 Å². The van der Waals surface area contributed by atoms with Gasteiger partial charge >= 0.3 is 6.18 Å². The molecule has 2 heterocycles. The molecule has 0 bridgehead atoms. The predicted octanol–water partition coefficient (Wildman–Crippen LogP) is 4.17. The van der Waals surface area contributed by atoms with E-state index in [1.807, 2.05) is 18.7 Å². The quantitative estimate of drug-likeness (QED) is 0.742. The lowest BCUT2D eigenvalue weighted by Crippen LogP contribution is -2.43. The minimum absolute atomic E-state index is 0.0293. The first-order valence-electron chi connectivity index (χ1n) is 9.54. The number of rotatable bonds is 4. The lowest BCUT2D eigenvalue weighted by Gasteiger charge is -2.36. The molecule has 8 heteroatoms. The molecule has 1 aromatic rings. The molecule has 0 saturated carbocycles. The van der Waals surface area contributed by atoms with Gasteiger partial charge in [-0.05, 0) is 36.5 Å². The molecule has 2 saturated heterocycles. The highest BCUT2D eigenvalue weighted by Gasteiger charge is 2.37. The fraction of sp³-hybridized carbons (Fsp3) is 0.600. The van der Waals surface area contributed by atoms with Crippen molar-refractivity contribution in [3.05, 3.63) is 35.4 Å². The molecule has 2 amide bonds. The van der Waals surface area contributed by atoms with Crippen LogP contribution in [0.25, 0.3) is 0 Å². The van der Waals surface area contributed by atoms with Crippen molar-refractivity contribution < 1.29 is 22.8 Å². The first-order chi connectivity index (χ1) is 13.2. The summed E-state index contributed by atoms with van der Waals surface area (Å²) in [6.45, 7) is 5.63. The van der Waals surface area contributed by atoms with E-state index in [9.17, 15) is 22.8 Å². The number of thioether (sulfide) groups is 1. The molecule has 0 N–H and O–H groups in total. The van der Waals surface area contributed by atoms with Crippen LogP contribution in [0.5, 0.6) is 0 Å². The van der Waals surface area contributed by atoms with E-state index in [-0.39, 0.29) is 34.8 Å². The first-order valence-corrected chi connectivity index (χ1v) is 10.6. The van der Waals surface area contributed by atoms with Gasteiger partial charge in [-0.3, -0.25) is 9.59 Å². The predicted molar refractivity (Wildman–Crippen MR) is 102 cm³/mol. The summed E-state index contributed by atoms with van der Waals surface area (Å²) in [5.41, 5.74) is -0.177. The molecule has 0 aromatic heterocycles. The van der Waals surface area contributed by atoms with Crippen LogP contribution >= 0.6 is 11.8 Å². The summed E-state index contributed by atoms with van der Waals surface area (Å²) >= 11 is 1.37. The van der Waals surface area contributed by atoms with Crippen molar-refractivity contribution in [1.82, 2.24) is 9.80 Å². The lowest BCUT2D eigenvalue weighted by atomic mass is 9.95. The van der Waals surface area contributed by atoms with Crippen LogP contribution in [0, 0.1) is 11.8 Å². The van der Waals surface area contributed by atoms with E-state index >= 15 is 0 Å². The molecule has 2 aliphatic rings. The molecular weight excluding hydrogens is 389 g/mol.